The average molecular weight is 387 g/mol. The van der Waals surface area contributed by atoms with Gasteiger partial charge in [-0.15, -0.1) is 0 Å². The highest BCUT2D eigenvalue weighted by Gasteiger charge is 2.30. The number of benzene rings is 1. The van der Waals surface area contributed by atoms with E-state index in [2.05, 4.69) is 29.0 Å². The first-order valence-corrected chi connectivity index (χ1v) is 10.7. The standard InChI is InChI=1S/C22H34N4O2/c1-4-24(5-2)15-18-10-12-25(13-11-18)16-21(27)26-14-17(3)22(28)23-19-8-6-7-9-20(19)26/h6-9,17-18H,4-5,10-16H2,1-3H3,(H,23,28). The molecule has 0 bridgehead atoms. The molecule has 2 aliphatic rings. The van der Waals surface area contributed by atoms with Crippen LogP contribution in [0.4, 0.5) is 11.4 Å². The van der Waals surface area contributed by atoms with E-state index in [1.165, 1.54) is 6.54 Å². The summed E-state index contributed by atoms with van der Waals surface area (Å²) in [5, 5.41) is 2.94. The Bertz CT molecular complexity index is 681. The minimum absolute atomic E-state index is 0.0278. The van der Waals surface area contributed by atoms with E-state index in [1.54, 1.807) is 4.90 Å². The second-order valence-electron chi connectivity index (χ2n) is 8.12. The molecule has 1 unspecified atom stereocenters. The summed E-state index contributed by atoms with van der Waals surface area (Å²) in [6.45, 7) is 12.5. The number of anilines is 2. The number of hydrogen-bond donors (Lipinski definition) is 1. The Morgan fingerprint density at radius 2 is 1.86 bits per heavy atom. The Kier molecular flexibility index (Phi) is 7.08. The molecule has 1 N–H and O–H groups in total. The van der Waals surface area contributed by atoms with E-state index in [0.29, 0.717) is 13.1 Å². The van der Waals surface area contributed by atoms with Gasteiger partial charge in [-0.2, -0.15) is 0 Å². The van der Waals surface area contributed by atoms with Gasteiger partial charge in [0.1, 0.15) is 0 Å². The Morgan fingerprint density at radius 3 is 2.54 bits per heavy atom. The number of fused-ring (bicyclic) bond motifs is 1. The van der Waals surface area contributed by atoms with Crippen LogP contribution in [0.25, 0.3) is 0 Å². The van der Waals surface area contributed by atoms with Crippen LogP contribution >= 0.6 is 0 Å². The Hall–Kier alpha value is -1.92. The molecule has 0 saturated carbocycles. The largest absolute Gasteiger partial charge is 0.324 e. The maximum atomic E-state index is 13.1. The predicted octanol–water partition coefficient (Wildman–Crippen LogP) is 2.66. The summed E-state index contributed by atoms with van der Waals surface area (Å²) < 4.78 is 0. The zero-order chi connectivity index (χ0) is 20.1. The van der Waals surface area contributed by atoms with E-state index < -0.39 is 0 Å². The number of likely N-dealkylation sites (tertiary alicyclic amines) is 1. The van der Waals surface area contributed by atoms with Gasteiger partial charge in [-0.05, 0) is 57.1 Å². The number of para-hydroxylation sites is 2. The molecule has 1 saturated heterocycles. The van der Waals surface area contributed by atoms with Gasteiger partial charge >= 0.3 is 0 Å². The monoisotopic (exact) mass is 386 g/mol. The number of amides is 2. The normalized spacial score (nSPS) is 21.4. The number of carbonyl (C=O) groups is 2. The van der Waals surface area contributed by atoms with Gasteiger partial charge in [0.25, 0.3) is 0 Å². The smallest absolute Gasteiger partial charge is 0.241 e. The van der Waals surface area contributed by atoms with Gasteiger partial charge in [-0.25, -0.2) is 0 Å². The molecule has 154 valence electrons. The molecule has 6 heteroatoms. The van der Waals surface area contributed by atoms with Crippen molar-refractivity contribution in [2.75, 3.05) is 56.0 Å². The molecule has 1 atom stereocenters. The number of nitrogens with one attached hydrogen (secondary N) is 1. The second-order valence-corrected chi connectivity index (χ2v) is 8.12. The number of carbonyl (C=O) groups excluding carboxylic acids is 2. The molecule has 1 aromatic rings. The fraction of sp³-hybridized carbons (Fsp3) is 0.636. The van der Waals surface area contributed by atoms with Gasteiger partial charge < -0.3 is 15.1 Å². The highest BCUT2D eigenvalue weighted by molar-refractivity contribution is 6.05. The van der Waals surface area contributed by atoms with E-state index in [-0.39, 0.29) is 17.7 Å². The second kappa shape index (κ2) is 9.52. The van der Waals surface area contributed by atoms with Crippen LogP contribution in [0, 0.1) is 11.8 Å². The zero-order valence-corrected chi connectivity index (χ0v) is 17.5. The molecule has 2 aliphatic heterocycles. The molecule has 0 aromatic heterocycles. The number of nitrogens with zero attached hydrogens (tertiary/aromatic N) is 3. The SMILES string of the molecule is CCN(CC)CC1CCN(CC(=O)N2CC(C)C(=O)Nc3ccccc32)CC1. The van der Waals surface area contributed by atoms with Gasteiger partial charge in [-0.1, -0.05) is 32.9 Å². The summed E-state index contributed by atoms with van der Waals surface area (Å²) in [5.74, 6) is 0.557. The van der Waals surface area contributed by atoms with Crippen LogP contribution in [0.1, 0.15) is 33.6 Å². The van der Waals surface area contributed by atoms with Crippen molar-refractivity contribution in [3.05, 3.63) is 24.3 Å². The van der Waals surface area contributed by atoms with E-state index in [4.69, 9.17) is 0 Å². The molecule has 0 spiro atoms. The molecule has 3 rings (SSSR count). The lowest BCUT2D eigenvalue weighted by Gasteiger charge is -2.35. The van der Waals surface area contributed by atoms with Crippen LogP contribution in [0.15, 0.2) is 24.3 Å². The molecule has 0 radical (unpaired) electrons. The van der Waals surface area contributed by atoms with Crippen molar-refractivity contribution in [1.29, 1.82) is 0 Å². The minimum Gasteiger partial charge on any atom is -0.324 e. The van der Waals surface area contributed by atoms with E-state index in [1.807, 2.05) is 31.2 Å². The number of rotatable bonds is 6. The van der Waals surface area contributed by atoms with Crippen molar-refractivity contribution in [1.82, 2.24) is 9.80 Å². The first-order valence-electron chi connectivity index (χ1n) is 10.7. The summed E-state index contributed by atoms with van der Waals surface area (Å²) in [6.07, 6.45) is 2.30. The Labute approximate surface area is 168 Å². The van der Waals surface area contributed by atoms with Crippen molar-refractivity contribution in [3.8, 4) is 0 Å². The van der Waals surface area contributed by atoms with Crippen LogP contribution in [0.5, 0.6) is 0 Å². The quantitative estimate of drug-likeness (QED) is 0.817. The third-order valence-electron chi connectivity index (χ3n) is 6.13. The van der Waals surface area contributed by atoms with Crippen molar-refractivity contribution < 1.29 is 9.59 Å². The average Bonchev–Trinajstić information content (AvgIpc) is 2.83. The van der Waals surface area contributed by atoms with Gasteiger partial charge in [0.15, 0.2) is 0 Å². The van der Waals surface area contributed by atoms with E-state index >= 15 is 0 Å². The summed E-state index contributed by atoms with van der Waals surface area (Å²) in [7, 11) is 0. The van der Waals surface area contributed by atoms with Crippen molar-refractivity contribution in [3.63, 3.8) is 0 Å². The van der Waals surface area contributed by atoms with E-state index in [9.17, 15) is 9.59 Å². The van der Waals surface area contributed by atoms with Gasteiger partial charge in [-0.3, -0.25) is 14.5 Å². The Morgan fingerprint density at radius 1 is 1.18 bits per heavy atom. The third-order valence-corrected chi connectivity index (χ3v) is 6.13. The number of piperidine rings is 1. The number of hydrogen-bond acceptors (Lipinski definition) is 4. The third kappa shape index (κ3) is 4.92. The van der Waals surface area contributed by atoms with Crippen molar-refractivity contribution in [2.24, 2.45) is 11.8 Å². The first kappa shape index (κ1) is 20.8. The maximum Gasteiger partial charge on any atom is 0.241 e. The molecule has 1 aromatic carbocycles. The molecule has 2 heterocycles. The van der Waals surface area contributed by atoms with Crippen LogP contribution in [-0.2, 0) is 9.59 Å². The van der Waals surface area contributed by atoms with Crippen LogP contribution in [-0.4, -0.2) is 67.4 Å². The van der Waals surface area contributed by atoms with Crippen LogP contribution in [0.3, 0.4) is 0 Å². The van der Waals surface area contributed by atoms with Gasteiger partial charge in [0.05, 0.1) is 23.8 Å². The maximum absolute atomic E-state index is 13.1. The minimum atomic E-state index is -0.226. The van der Waals surface area contributed by atoms with E-state index in [0.717, 1.165) is 56.3 Å². The lowest BCUT2D eigenvalue weighted by molar-refractivity contribution is -0.121. The van der Waals surface area contributed by atoms with Crippen molar-refractivity contribution >= 4 is 23.2 Å². The molecular formula is C22H34N4O2. The summed E-state index contributed by atoms with van der Waals surface area (Å²) in [4.78, 5) is 31.9. The molecule has 0 aliphatic carbocycles. The fourth-order valence-corrected chi connectivity index (χ4v) is 4.21. The first-order chi connectivity index (χ1) is 13.5. The molecule has 1 fully saturated rings. The fourth-order valence-electron chi connectivity index (χ4n) is 4.21. The van der Waals surface area contributed by atoms with Crippen LogP contribution < -0.4 is 10.2 Å². The Balaban J connectivity index is 1.60. The molecule has 6 nitrogen and oxygen atoms in total. The van der Waals surface area contributed by atoms with Gasteiger partial charge in [0, 0.05) is 13.1 Å². The zero-order valence-electron chi connectivity index (χ0n) is 17.5. The predicted molar refractivity (Wildman–Crippen MR) is 114 cm³/mol. The summed E-state index contributed by atoms with van der Waals surface area (Å²) >= 11 is 0. The topological polar surface area (TPSA) is 55.9 Å². The molecule has 2 amide bonds. The van der Waals surface area contributed by atoms with Gasteiger partial charge in [0.2, 0.25) is 11.8 Å². The lowest BCUT2D eigenvalue weighted by Crippen LogP contribution is -2.46. The highest BCUT2D eigenvalue weighted by Crippen LogP contribution is 2.30. The van der Waals surface area contributed by atoms with Crippen molar-refractivity contribution in [2.45, 2.75) is 33.6 Å². The molecular weight excluding hydrogens is 352 g/mol. The highest BCUT2D eigenvalue weighted by atomic mass is 16.2. The summed E-state index contributed by atoms with van der Waals surface area (Å²) in [5.41, 5.74) is 1.53. The lowest BCUT2D eigenvalue weighted by atomic mass is 9.96. The molecule has 28 heavy (non-hydrogen) atoms. The summed E-state index contributed by atoms with van der Waals surface area (Å²) in [6, 6.07) is 7.59. The van der Waals surface area contributed by atoms with Crippen LogP contribution in [0.2, 0.25) is 0 Å².